The zero-order valence-electron chi connectivity index (χ0n) is 11.8. The molecule has 3 aliphatic rings. The van der Waals surface area contributed by atoms with E-state index in [1.54, 1.807) is 0 Å². The van der Waals surface area contributed by atoms with Gasteiger partial charge in [0, 0.05) is 29.5 Å². The number of carbonyl (C=O) groups is 2. The van der Waals surface area contributed by atoms with Crippen molar-refractivity contribution in [3.05, 3.63) is 0 Å². The van der Waals surface area contributed by atoms with E-state index in [9.17, 15) is 9.59 Å². The number of thioether (sulfide) groups is 1. The van der Waals surface area contributed by atoms with E-state index in [-0.39, 0.29) is 17.7 Å². The summed E-state index contributed by atoms with van der Waals surface area (Å²) in [5.41, 5.74) is 0. The van der Waals surface area contributed by atoms with Gasteiger partial charge in [-0.25, -0.2) is 0 Å². The van der Waals surface area contributed by atoms with Crippen LogP contribution in [-0.2, 0) is 9.59 Å². The second-order valence-electron chi connectivity index (χ2n) is 6.34. The molecule has 0 aromatic carbocycles. The Morgan fingerprint density at radius 3 is 2.55 bits per heavy atom. The van der Waals surface area contributed by atoms with Crippen molar-refractivity contribution < 1.29 is 14.7 Å². The smallest absolute Gasteiger partial charge is 0.306 e. The Hall–Kier alpha value is -0.710. The Bertz CT molecular complexity index is 399. The molecule has 3 fully saturated rings. The molecule has 0 aromatic rings. The lowest BCUT2D eigenvalue weighted by Gasteiger charge is -2.44. The standard InChI is InChI=1S/C15H23NO3S/c17-14(10-5-6-11(9-10)15(18)19)16-7-8-20-13-4-2-1-3-12(13)16/h10-13H,1-9H2,(H,18,19)/t10-,11+,12?,13?/m0/s1. The van der Waals surface area contributed by atoms with Crippen molar-refractivity contribution in [2.45, 2.75) is 56.2 Å². The topological polar surface area (TPSA) is 57.6 Å². The van der Waals surface area contributed by atoms with Gasteiger partial charge in [-0.15, -0.1) is 0 Å². The first-order chi connectivity index (χ1) is 9.66. The molecular weight excluding hydrogens is 274 g/mol. The summed E-state index contributed by atoms with van der Waals surface area (Å²) in [6.45, 7) is 0.860. The van der Waals surface area contributed by atoms with Gasteiger partial charge in [-0.2, -0.15) is 11.8 Å². The number of rotatable bonds is 2. The first kappa shape index (κ1) is 14.2. The predicted octanol–water partition coefficient (Wildman–Crippen LogP) is 2.37. The number of carboxylic acids is 1. The summed E-state index contributed by atoms with van der Waals surface area (Å²) in [5.74, 6) is 0.213. The quantitative estimate of drug-likeness (QED) is 0.850. The van der Waals surface area contributed by atoms with Crippen LogP contribution in [0.15, 0.2) is 0 Å². The molecule has 4 atom stereocenters. The molecule has 1 N–H and O–H groups in total. The van der Waals surface area contributed by atoms with E-state index in [1.165, 1.54) is 19.3 Å². The van der Waals surface area contributed by atoms with Gasteiger partial charge in [0.1, 0.15) is 0 Å². The Balaban J connectivity index is 1.65. The van der Waals surface area contributed by atoms with E-state index in [0.29, 0.717) is 24.1 Å². The number of carbonyl (C=O) groups excluding carboxylic acids is 1. The lowest BCUT2D eigenvalue weighted by Crippen LogP contribution is -2.53. The van der Waals surface area contributed by atoms with E-state index in [1.807, 2.05) is 11.8 Å². The largest absolute Gasteiger partial charge is 0.481 e. The molecule has 112 valence electrons. The molecule has 2 saturated carbocycles. The Morgan fingerprint density at radius 1 is 1.05 bits per heavy atom. The van der Waals surface area contributed by atoms with E-state index in [2.05, 4.69) is 4.90 Å². The number of fused-ring (bicyclic) bond motifs is 1. The lowest BCUT2D eigenvalue weighted by molar-refractivity contribution is -0.142. The van der Waals surface area contributed by atoms with Gasteiger partial charge in [0.05, 0.1) is 5.92 Å². The van der Waals surface area contributed by atoms with Gasteiger partial charge in [0.25, 0.3) is 0 Å². The van der Waals surface area contributed by atoms with Crippen LogP contribution in [0.2, 0.25) is 0 Å². The van der Waals surface area contributed by atoms with Crippen LogP contribution in [0.25, 0.3) is 0 Å². The van der Waals surface area contributed by atoms with Crippen molar-refractivity contribution in [1.82, 2.24) is 4.90 Å². The molecule has 0 bridgehead atoms. The van der Waals surface area contributed by atoms with Gasteiger partial charge in [-0.1, -0.05) is 12.8 Å². The second-order valence-corrected chi connectivity index (χ2v) is 7.68. The van der Waals surface area contributed by atoms with Crippen LogP contribution >= 0.6 is 11.8 Å². The van der Waals surface area contributed by atoms with Crippen molar-refractivity contribution in [2.75, 3.05) is 12.3 Å². The average Bonchev–Trinajstić information content (AvgIpc) is 2.96. The molecule has 0 aromatic heterocycles. The van der Waals surface area contributed by atoms with Gasteiger partial charge >= 0.3 is 5.97 Å². The van der Waals surface area contributed by atoms with Crippen molar-refractivity contribution in [1.29, 1.82) is 0 Å². The zero-order valence-corrected chi connectivity index (χ0v) is 12.6. The normalized spacial score (nSPS) is 37.5. The molecule has 1 saturated heterocycles. The van der Waals surface area contributed by atoms with Crippen LogP contribution in [0.4, 0.5) is 0 Å². The highest BCUT2D eigenvalue weighted by Crippen LogP contribution is 2.39. The highest BCUT2D eigenvalue weighted by molar-refractivity contribution is 8.00. The predicted molar refractivity (Wildman–Crippen MR) is 78.7 cm³/mol. The number of nitrogens with zero attached hydrogens (tertiary/aromatic N) is 1. The minimum absolute atomic E-state index is 0.0400. The number of carboxylic acid groups (broad SMARTS) is 1. The van der Waals surface area contributed by atoms with Gasteiger partial charge in [0.15, 0.2) is 0 Å². The highest BCUT2D eigenvalue weighted by Gasteiger charge is 2.41. The maximum atomic E-state index is 12.7. The SMILES string of the molecule is O=C(O)[C@@H]1CC[C@H](C(=O)N2CCSC3CCCCC32)C1. The number of hydrogen-bond donors (Lipinski definition) is 1. The Labute approximate surface area is 124 Å². The molecular formula is C15H23NO3S. The third-order valence-corrected chi connectivity index (χ3v) is 6.54. The highest BCUT2D eigenvalue weighted by atomic mass is 32.2. The fourth-order valence-corrected chi connectivity index (χ4v) is 5.48. The van der Waals surface area contributed by atoms with Crippen molar-refractivity contribution in [3.63, 3.8) is 0 Å². The molecule has 5 heteroatoms. The van der Waals surface area contributed by atoms with Crippen LogP contribution in [-0.4, -0.2) is 45.5 Å². The van der Waals surface area contributed by atoms with Crippen LogP contribution in [0.1, 0.15) is 44.9 Å². The maximum Gasteiger partial charge on any atom is 0.306 e. The summed E-state index contributed by atoms with van der Waals surface area (Å²) in [5, 5.41) is 9.71. The second kappa shape index (κ2) is 5.96. The third-order valence-electron chi connectivity index (χ3n) is 5.15. The zero-order chi connectivity index (χ0) is 14.1. The monoisotopic (exact) mass is 297 g/mol. The van der Waals surface area contributed by atoms with Gasteiger partial charge in [-0.05, 0) is 32.1 Å². The molecule has 0 radical (unpaired) electrons. The van der Waals surface area contributed by atoms with Crippen LogP contribution in [0.3, 0.4) is 0 Å². The summed E-state index contributed by atoms with van der Waals surface area (Å²) in [7, 11) is 0. The Morgan fingerprint density at radius 2 is 1.80 bits per heavy atom. The summed E-state index contributed by atoms with van der Waals surface area (Å²) >= 11 is 2.03. The molecule has 3 rings (SSSR count). The number of aliphatic carboxylic acids is 1. The number of amides is 1. The molecule has 0 spiro atoms. The molecule has 2 unspecified atom stereocenters. The summed E-state index contributed by atoms with van der Waals surface area (Å²) in [4.78, 5) is 25.9. The van der Waals surface area contributed by atoms with Crippen LogP contribution < -0.4 is 0 Å². The minimum Gasteiger partial charge on any atom is -0.481 e. The van der Waals surface area contributed by atoms with Crippen molar-refractivity contribution in [2.24, 2.45) is 11.8 Å². The third kappa shape index (κ3) is 2.69. The van der Waals surface area contributed by atoms with Crippen LogP contribution in [0, 0.1) is 11.8 Å². The average molecular weight is 297 g/mol. The molecule has 20 heavy (non-hydrogen) atoms. The van der Waals surface area contributed by atoms with Crippen molar-refractivity contribution in [3.8, 4) is 0 Å². The van der Waals surface area contributed by atoms with Gasteiger partial charge in [-0.3, -0.25) is 9.59 Å². The van der Waals surface area contributed by atoms with Crippen molar-refractivity contribution >= 4 is 23.6 Å². The van der Waals surface area contributed by atoms with Crippen LogP contribution in [0.5, 0.6) is 0 Å². The van der Waals surface area contributed by atoms with Gasteiger partial charge in [0.2, 0.25) is 5.91 Å². The van der Waals surface area contributed by atoms with E-state index < -0.39 is 5.97 Å². The van der Waals surface area contributed by atoms with Gasteiger partial charge < -0.3 is 10.0 Å². The molecule has 1 heterocycles. The first-order valence-corrected chi connectivity index (χ1v) is 8.86. The molecule has 1 aliphatic heterocycles. The fraction of sp³-hybridized carbons (Fsp3) is 0.867. The number of hydrogen-bond acceptors (Lipinski definition) is 3. The minimum atomic E-state index is -0.731. The summed E-state index contributed by atoms with van der Waals surface area (Å²) in [6.07, 6.45) is 6.88. The summed E-state index contributed by atoms with van der Waals surface area (Å²) < 4.78 is 0. The first-order valence-electron chi connectivity index (χ1n) is 7.81. The van der Waals surface area contributed by atoms with E-state index >= 15 is 0 Å². The fourth-order valence-electron chi connectivity index (χ4n) is 4.03. The van der Waals surface area contributed by atoms with E-state index in [0.717, 1.165) is 25.1 Å². The van der Waals surface area contributed by atoms with E-state index in [4.69, 9.17) is 5.11 Å². The molecule has 2 aliphatic carbocycles. The maximum absolute atomic E-state index is 12.7. The molecule has 4 nitrogen and oxygen atoms in total. The Kier molecular flexibility index (Phi) is 4.24. The summed E-state index contributed by atoms with van der Waals surface area (Å²) in [6, 6.07) is 0.416. The lowest BCUT2D eigenvalue weighted by atomic mass is 9.92. The molecule has 1 amide bonds.